The molecule has 1 saturated carbocycles. The maximum atomic E-state index is 12.3. The smallest absolute Gasteiger partial charge is 0.242 e. The number of nitrogens with one attached hydrogen (secondary N) is 1. The van der Waals surface area contributed by atoms with E-state index in [9.17, 15) is 4.79 Å². The summed E-state index contributed by atoms with van der Waals surface area (Å²) in [7, 11) is 1.93. The predicted molar refractivity (Wildman–Crippen MR) is 76.2 cm³/mol. The van der Waals surface area contributed by atoms with Crippen LogP contribution in [0.15, 0.2) is 24.3 Å². The minimum atomic E-state index is 0.235. The molecule has 19 heavy (non-hydrogen) atoms. The average molecular weight is 259 g/mol. The number of rotatable bonds is 3. The lowest BCUT2D eigenvalue weighted by Crippen LogP contribution is -2.41. The molecule has 1 aliphatic heterocycles. The molecule has 3 rings (SSSR count). The summed E-state index contributed by atoms with van der Waals surface area (Å²) in [6.07, 6.45) is 2.33. The van der Waals surface area contributed by atoms with E-state index >= 15 is 0 Å². The van der Waals surface area contributed by atoms with E-state index in [1.54, 1.807) is 0 Å². The molecular weight excluding hydrogens is 238 g/mol. The number of para-hydroxylation sites is 1. The summed E-state index contributed by atoms with van der Waals surface area (Å²) in [6, 6.07) is 8.85. The van der Waals surface area contributed by atoms with Crippen LogP contribution in [0.5, 0.6) is 0 Å². The van der Waals surface area contributed by atoms with Gasteiger partial charge in [0.05, 0.1) is 6.54 Å². The average Bonchev–Trinajstić information content (AvgIpc) is 3.25. The first kappa shape index (κ1) is 12.5. The maximum Gasteiger partial charge on any atom is 0.242 e. The fourth-order valence-electron chi connectivity index (χ4n) is 2.63. The topological polar surface area (TPSA) is 35.6 Å². The molecule has 0 bridgehead atoms. The fraction of sp³-hybridized carbons (Fsp3) is 0.533. The summed E-state index contributed by atoms with van der Waals surface area (Å²) in [5.74, 6) is 0.235. The Hall–Kier alpha value is -1.55. The van der Waals surface area contributed by atoms with Gasteiger partial charge in [-0.15, -0.1) is 0 Å². The van der Waals surface area contributed by atoms with Crippen LogP contribution in [-0.4, -0.2) is 43.5 Å². The number of hydrogen-bond acceptors (Lipinski definition) is 3. The Morgan fingerprint density at radius 2 is 2.21 bits per heavy atom. The van der Waals surface area contributed by atoms with Gasteiger partial charge in [-0.3, -0.25) is 4.79 Å². The molecule has 0 aromatic heterocycles. The highest BCUT2D eigenvalue weighted by atomic mass is 16.2. The normalized spacial score (nSPS) is 18.7. The maximum absolute atomic E-state index is 12.3. The number of benzene rings is 1. The number of carbonyl (C=O) groups is 1. The van der Waals surface area contributed by atoms with Gasteiger partial charge in [0.15, 0.2) is 0 Å². The SMILES string of the molecule is CN(C(=O)CN1CCNCc2ccccc21)C1CC1. The highest BCUT2D eigenvalue weighted by molar-refractivity contribution is 5.82. The molecule has 0 atom stereocenters. The van der Waals surface area contributed by atoms with Gasteiger partial charge in [0, 0.05) is 38.4 Å². The van der Waals surface area contributed by atoms with Crippen molar-refractivity contribution in [3.63, 3.8) is 0 Å². The molecule has 1 aromatic rings. The lowest BCUT2D eigenvalue weighted by atomic mass is 10.1. The lowest BCUT2D eigenvalue weighted by Gasteiger charge is -2.26. The summed E-state index contributed by atoms with van der Waals surface area (Å²) in [4.78, 5) is 16.4. The molecule has 4 heteroatoms. The Kier molecular flexibility index (Phi) is 3.42. The van der Waals surface area contributed by atoms with Crippen molar-refractivity contribution in [1.29, 1.82) is 0 Å². The van der Waals surface area contributed by atoms with Crippen molar-refractivity contribution >= 4 is 11.6 Å². The molecule has 0 saturated heterocycles. The van der Waals surface area contributed by atoms with E-state index in [-0.39, 0.29) is 5.91 Å². The molecule has 4 nitrogen and oxygen atoms in total. The van der Waals surface area contributed by atoms with Crippen molar-refractivity contribution in [2.75, 3.05) is 31.6 Å². The zero-order valence-corrected chi connectivity index (χ0v) is 11.4. The van der Waals surface area contributed by atoms with Crippen molar-refractivity contribution in [2.45, 2.75) is 25.4 Å². The lowest BCUT2D eigenvalue weighted by molar-refractivity contribution is -0.128. The summed E-state index contributed by atoms with van der Waals surface area (Å²) in [6.45, 7) is 3.20. The van der Waals surface area contributed by atoms with Crippen LogP contribution in [0.25, 0.3) is 0 Å². The number of fused-ring (bicyclic) bond motifs is 1. The molecule has 2 aliphatic rings. The number of hydrogen-bond donors (Lipinski definition) is 1. The fourth-order valence-corrected chi connectivity index (χ4v) is 2.63. The molecule has 1 N–H and O–H groups in total. The molecule has 0 unspecified atom stereocenters. The molecule has 102 valence electrons. The van der Waals surface area contributed by atoms with Gasteiger partial charge in [0.2, 0.25) is 5.91 Å². The summed E-state index contributed by atoms with van der Waals surface area (Å²) < 4.78 is 0. The minimum Gasteiger partial charge on any atom is -0.361 e. The molecule has 0 spiro atoms. The molecule has 1 heterocycles. The second kappa shape index (κ2) is 5.21. The molecule has 1 aliphatic carbocycles. The van der Waals surface area contributed by atoms with Crippen molar-refractivity contribution in [1.82, 2.24) is 10.2 Å². The van der Waals surface area contributed by atoms with Crippen LogP contribution in [-0.2, 0) is 11.3 Å². The number of likely N-dealkylation sites (N-methyl/N-ethyl adjacent to an activating group) is 1. The first-order chi connectivity index (χ1) is 9.25. The van der Waals surface area contributed by atoms with E-state index in [1.807, 2.05) is 18.0 Å². The quantitative estimate of drug-likeness (QED) is 0.886. The molecule has 1 aromatic carbocycles. The van der Waals surface area contributed by atoms with E-state index in [2.05, 4.69) is 28.4 Å². The standard InChI is InChI=1S/C15H21N3O/c1-17(13-6-7-13)15(19)11-18-9-8-16-10-12-4-2-3-5-14(12)18/h2-5,13,16H,6-11H2,1H3. The largest absolute Gasteiger partial charge is 0.361 e. The third kappa shape index (κ3) is 2.73. The molecule has 0 radical (unpaired) electrons. The third-order valence-corrected chi connectivity index (χ3v) is 4.02. The van der Waals surface area contributed by atoms with Crippen molar-refractivity contribution in [3.8, 4) is 0 Å². The Morgan fingerprint density at radius 3 is 3.00 bits per heavy atom. The van der Waals surface area contributed by atoms with Crippen LogP contribution in [0.2, 0.25) is 0 Å². The van der Waals surface area contributed by atoms with Gasteiger partial charge in [0.1, 0.15) is 0 Å². The minimum absolute atomic E-state index is 0.235. The van der Waals surface area contributed by atoms with Crippen LogP contribution < -0.4 is 10.2 Å². The van der Waals surface area contributed by atoms with Crippen LogP contribution in [0.3, 0.4) is 0 Å². The summed E-state index contributed by atoms with van der Waals surface area (Å²) >= 11 is 0. The first-order valence-electron chi connectivity index (χ1n) is 7.05. The number of nitrogens with zero attached hydrogens (tertiary/aromatic N) is 2. The first-order valence-corrected chi connectivity index (χ1v) is 7.05. The van der Waals surface area contributed by atoms with Gasteiger partial charge >= 0.3 is 0 Å². The second-order valence-electron chi connectivity index (χ2n) is 5.46. The molecule has 1 fully saturated rings. The van der Waals surface area contributed by atoms with Crippen LogP contribution in [0.4, 0.5) is 5.69 Å². The van der Waals surface area contributed by atoms with Gasteiger partial charge in [-0.2, -0.15) is 0 Å². The molecule has 1 amide bonds. The Balaban J connectivity index is 1.74. The summed E-state index contributed by atoms with van der Waals surface area (Å²) in [5, 5.41) is 3.40. The Bertz CT molecular complexity index is 470. The van der Waals surface area contributed by atoms with E-state index in [4.69, 9.17) is 0 Å². The van der Waals surface area contributed by atoms with Crippen LogP contribution in [0.1, 0.15) is 18.4 Å². The summed E-state index contributed by atoms with van der Waals surface area (Å²) in [5.41, 5.74) is 2.48. The van der Waals surface area contributed by atoms with E-state index in [0.717, 1.165) is 19.6 Å². The molecular formula is C15H21N3O. The van der Waals surface area contributed by atoms with Crippen LogP contribution >= 0.6 is 0 Å². The Labute approximate surface area is 114 Å². The van der Waals surface area contributed by atoms with Gasteiger partial charge in [-0.1, -0.05) is 18.2 Å². The van der Waals surface area contributed by atoms with Gasteiger partial charge < -0.3 is 15.1 Å². The van der Waals surface area contributed by atoms with E-state index in [1.165, 1.54) is 24.1 Å². The van der Waals surface area contributed by atoms with E-state index < -0.39 is 0 Å². The van der Waals surface area contributed by atoms with Gasteiger partial charge in [-0.05, 0) is 24.5 Å². The number of amides is 1. The second-order valence-corrected chi connectivity index (χ2v) is 5.46. The Morgan fingerprint density at radius 1 is 1.42 bits per heavy atom. The van der Waals surface area contributed by atoms with Crippen molar-refractivity contribution in [2.24, 2.45) is 0 Å². The van der Waals surface area contributed by atoms with Gasteiger partial charge in [-0.25, -0.2) is 0 Å². The van der Waals surface area contributed by atoms with Gasteiger partial charge in [0.25, 0.3) is 0 Å². The number of anilines is 1. The highest BCUT2D eigenvalue weighted by Crippen LogP contribution is 2.26. The number of carbonyl (C=O) groups excluding carboxylic acids is 1. The predicted octanol–water partition coefficient (Wildman–Crippen LogP) is 1.22. The zero-order valence-electron chi connectivity index (χ0n) is 11.4. The highest BCUT2D eigenvalue weighted by Gasteiger charge is 2.30. The zero-order chi connectivity index (χ0) is 13.2. The third-order valence-electron chi connectivity index (χ3n) is 4.02. The van der Waals surface area contributed by atoms with E-state index in [0.29, 0.717) is 12.6 Å². The monoisotopic (exact) mass is 259 g/mol. The van der Waals surface area contributed by atoms with Crippen LogP contribution in [0, 0.1) is 0 Å². The van der Waals surface area contributed by atoms with Crippen molar-refractivity contribution < 1.29 is 4.79 Å². The van der Waals surface area contributed by atoms with Crippen molar-refractivity contribution in [3.05, 3.63) is 29.8 Å².